The topological polar surface area (TPSA) is 30.3 Å². The van der Waals surface area contributed by atoms with Crippen molar-refractivity contribution in [3.63, 3.8) is 0 Å². The molecule has 0 spiro atoms. The van der Waals surface area contributed by atoms with Gasteiger partial charge < -0.3 is 4.90 Å². The summed E-state index contributed by atoms with van der Waals surface area (Å²) in [7, 11) is 0. The van der Waals surface area contributed by atoms with Gasteiger partial charge in [-0.05, 0) is 20.8 Å². The third-order valence-electron chi connectivity index (χ3n) is 3.12. The lowest BCUT2D eigenvalue weighted by Gasteiger charge is -2.43. The monoisotopic (exact) mass is 211 g/mol. The average molecular weight is 211 g/mol. The Morgan fingerprint density at radius 3 is 1.87 bits per heavy atom. The number of nitrogens with one attached hydrogen (secondary N) is 1. The van der Waals surface area contributed by atoms with E-state index < -0.39 is 0 Å². The second-order valence-corrected chi connectivity index (χ2v) is 5.68. The quantitative estimate of drug-likeness (QED) is 0.531. The Kier molecular flexibility index (Phi) is 3.77. The van der Waals surface area contributed by atoms with Crippen molar-refractivity contribution in [2.45, 2.75) is 40.2 Å². The predicted octanol–water partition coefficient (Wildman–Crippen LogP) is 2.04. The predicted molar refractivity (Wildman–Crippen MR) is 65.5 cm³/mol. The van der Waals surface area contributed by atoms with Crippen LogP contribution < -0.4 is 0 Å². The molecule has 0 aliphatic carbocycles. The van der Waals surface area contributed by atoms with Gasteiger partial charge in [-0.25, -0.2) is 0 Å². The van der Waals surface area contributed by atoms with Crippen molar-refractivity contribution in [3.05, 3.63) is 0 Å². The fourth-order valence-electron chi connectivity index (χ4n) is 1.98. The van der Waals surface area contributed by atoms with Crippen LogP contribution in [0, 0.1) is 11.3 Å². The van der Waals surface area contributed by atoms with Crippen LogP contribution in [0.15, 0.2) is 0 Å². The van der Waals surface area contributed by atoms with Crippen LogP contribution in [0.3, 0.4) is 0 Å². The molecule has 3 heteroatoms. The lowest BCUT2D eigenvalue weighted by molar-refractivity contribution is 0.0865. The second-order valence-electron chi connectivity index (χ2n) is 5.68. The van der Waals surface area contributed by atoms with E-state index in [4.69, 9.17) is 5.41 Å². The minimum Gasteiger partial charge on any atom is -0.358 e. The van der Waals surface area contributed by atoms with E-state index in [1.54, 1.807) is 0 Å². The van der Waals surface area contributed by atoms with E-state index in [9.17, 15) is 0 Å². The molecule has 0 amide bonds. The molecule has 1 rings (SSSR count). The maximum Gasteiger partial charge on any atom is 0.0984 e. The molecule has 0 radical (unpaired) electrons. The van der Waals surface area contributed by atoms with E-state index >= 15 is 0 Å². The molecular weight excluding hydrogens is 186 g/mol. The molecule has 1 aliphatic heterocycles. The van der Waals surface area contributed by atoms with Gasteiger partial charge in [-0.2, -0.15) is 0 Å². The van der Waals surface area contributed by atoms with Crippen LogP contribution in [0.1, 0.15) is 34.6 Å². The largest absolute Gasteiger partial charge is 0.358 e. The molecule has 0 atom stereocenters. The van der Waals surface area contributed by atoms with Gasteiger partial charge in [0.2, 0.25) is 0 Å². The maximum absolute atomic E-state index is 7.97. The molecule has 0 aromatic heterocycles. The zero-order valence-corrected chi connectivity index (χ0v) is 10.8. The fraction of sp³-hybridized carbons (Fsp3) is 0.917. The van der Waals surface area contributed by atoms with Crippen molar-refractivity contribution in [2.75, 3.05) is 26.2 Å². The van der Waals surface area contributed by atoms with Crippen LogP contribution in [0.25, 0.3) is 0 Å². The molecule has 0 aromatic carbocycles. The third kappa shape index (κ3) is 3.20. The molecule has 0 saturated carbocycles. The highest BCUT2D eigenvalue weighted by atomic mass is 15.3. The summed E-state index contributed by atoms with van der Waals surface area (Å²) in [4.78, 5) is 4.71. The van der Waals surface area contributed by atoms with Gasteiger partial charge in [0.15, 0.2) is 0 Å². The SMILES string of the molecule is CC(C)C(=N)N1CCN(C(C)(C)C)CC1. The molecule has 1 fully saturated rings. The standard InChI is InChI=1S/C12H25N3/c1-10(2)11(13)14-6-8-15(9-7-14)12(3,4)5/h10,13H,6-9H2,1-5H3. The molecule has 15 heavy (non-hydrogen) atoms. The van der Waals surface area contributed by atoms with Crippen molar-refractivity contribution in [2.24, 2.45) is 5.92 Å². The number of hydrogen-bond donors (Lipinski definition) is 1. The van der Waals surface area contributed by atoms with E-state index in [1.165, 1.54) is 0 Å². The lowest BCUT2D eigenvalue weighted by Crippen LogP contribution is -2.55. The van der Waals surface area contributed by atoms with E-state index in [1.807, 2.05) is 0 Å². The summed E-state index contributed by atoms with van der Waals surface area (Å²) in [6.45, 7) is 15.2. The van der Waals surface area contributed by atoms with Crippen LogP contribution >= 0.6 is 0 Å². The first-order chi connectivity index (χ1) is 6.82. The van der Waals surface area contributed by atoms with Crippen LogP contribution in [0.2, 0.25) is 0 Å². The normalized spacial score (nSPS) is 19.7. The fourth-order valence-corrected chi connectivity index (χ4v) is 1.98. The first kappa shape index (κ1) is 12.5. The van der Waals surface area contributed by atoms with Crippen LogP contribution in [-0.2, 0) is 0 Å². The summed E-state index contributed by atoms with van der Waals surface area (Å²) in [5, 5.41) is 7.97. The third-order valence-corrected chi connectivity index (χ3v) is 3.12. The van der Waals surface area contributed by atoms with Gasteiger partial charge in [0.05, 0.1) is 5.84 Å². The van der Waals surface area contributed by atoms with E-state index in [0.29, 0.717) is 5.92 Å². The lowest BCUT2D eigenvalue weighted by atomic mass is 10.0. The number of nitrogens with zero attached hydrogens (tertiary/aromatic N) is 2. The van der Waals surface area contributed by atoms with Crippen molar-refractivity contribution < 1.29 is 0 Å². The van der Waals surface area contributed by atoms with Gasteiger partial charge in [0.25, 0.3) is 0 Å². The zero-order chi connectivity index (χ0) is 11.6. The zero-order valence-electron chi connectivity index (χ0n) is 10.8. The molecule has 1 heterocycles. The maximum atomic E-state index is 7.97. The number of hydrogen-bond acceptors (Lipinski definition) is 2. The molecule has 88 valence electrons. The van der Waals surface area contributed by atoms with Crippen molar-refractivity contribution in [1.29, 1.82) is 5.41 Å². The summed E-state index contributed by atoms with van der Waals surface area (Å²) in [6.07, 6.45) is 0. The van der Waals surface area contributed by atoms with Gasteiger partial charge in [0, 0.05) is 37.6 Å². The summed E-state index contributed by atoms with van der Waals surface area (Å²) in [6, 6.07) is 0. The minimum atomic E-state index is 0.270. The van der Waals surface area contributed by atoms with Gasteiger partial charge >= 0.3 is 0 Å². The second kappa shape index (κ2) is 4.52. The Morgan fingerprint density at radius 2 is 1.53 bits per heavy atom. The molecule has 3 nitrogen and oxygen atoms in total. The Balaban J connectivity index is 2.46. The number of piperazine rings is 1. The Morgan fingerprint density at radius 1 is 1.07 bits per heavy atom. The molecule has 0 aromatic rings. The van der Waals surface area contributed by atoms with Gasteiger partial charge in [-0.1, -0.05) is 13.8 Å². The first-order valence-electron chi connectivity index (χ1n) is 5.91. The Hall–Kier alpha value is -0.570. The molecule has 1 N–H and O–H groups in total. The Bertz CT molecular complexity index is 220. The summed E-state index contributed by atoms with van der Waals surface area (Å²) < 4.78 is 0. The van der Waals surface area contributed by atoms with E-state index in [2.05, 4.69) is 44.4 Å². The van der Waals surface area contributed by atoms with Crippen molar-refractivity contribution in [3.8, 4) is 0 Å². The Labute approximate surface area is 94.0 Å². The average Bonchev–Trinajstić information content (AvgIpc) is 2.15. The van der Waals surface area contributed by atoms with Crippen LogP contribution in [-0.4, -0.2) is 47.4 Å². The van der Waals surface area contributed by atoms with Crippen LogP contribution in [0.5, 0.6) is 0 Å². The molecule has 0 bridgehead atoms. The van der Waals surface area contributed by atoms with Crippen molar-refractivity contribution >= 4 is 5.84 Å². The first-order valence-corrected chi connectivity index (χ1v) is 5.91. The number of amidine groups is 1. The number of rotatable bonds is 1. The van der Waals surface area contributed by atoms with E-state index in [0.717, 1.165) is 32.0 Å². The summed E-state index contributed by atoms with van der Waals surface area (Å²) in [5.41, 5.74) is 0.270. The smallest absolute Gasteiger partial charge is 0.0984 e. The highest BCUT2D eigenvalue weighted by molar-refractivity contribution is 5.81. The summed E-state index contributed by atoms with van der Waals surface area (Å²) >= 11 is 0. The van der Waals surface area contributed by atoms with Gasteiger partial charge in [0.1, 0.15) is 0 Å². The van der Waals surface area contributed by atoms with Crippen LogP contribution in [0.4, 0.5) is 0 Å². The molecular formula is C12H25N3. The highest BCUT2D eigenvalue weighted by Crippen LogP contribution is 2.16. The van der Waals surface area contributed by atoms with Gasteiger partial charge in [-0.15, -0.1) is 0 Å². The van der Waals surface area contributed by atoms with Crippen molar-refractivity contribution in [1.82, 2.24) is 9.80 Å². The van der Waals surface area contributed by atoms with E-state index in [-0.39, 0.29) is 5.54 Å². The molecule has 1 aliphatic rings. The highest BCUT2D eigenvalue weighted by Gasteiger charge is 2.27. The minimum absolute atomic E-state index is 0.270. The molecule has 1 saturated heterocycles. The van der Waals surface area contributed by atoms with Gasteiger partial charge in [-0.3, -0.25) is 10.3 Å². The summed E-state index contributed by atoms with van der Waals surface area (Å²) in [5.74, 6) is 1.15. The molecule has 0 unspecified atom stereocenters.